The monoisotopic (exact) mass is 415 g/mol. The van der Waals surface area contributed by atoms with Gasteiger partial charge in [0.15, 0.2) is 0 Å². The van der Waals surface area contributed by atoms with Crippen molar-refractivity contribution >= 4 is 11.5 Å². The van der Waals surface area contributed by atoms with Crippen molar-refractivity contribution in [2.75, 3.05) is 26.3 Å². The van der Waals surface area contributed by atoms with Crippen LogP contribution >= 0.6 is 0 Å². The molecule has 1 aromatic heterocycles. The van der Waals surface area contributed by atoms with E-state index in [0.717, 1.165) is 49.5 Å². The Balaban J connectivity index is 1.18. The standard InChI is InChI=1S/C27H31N2O2/c1-27(2,3)20-9-7-19(8-10-20)26(30)29-16-23-22(24(23)17-29)15-21-5-4-6-25(28-21)18-11-13-31-14-12-18/h4,6-11,22-24H,12-17H2,1-3H3. The van der Waals surface area contributed by atoms with E-state index in [9.17, 15) is 4.79 Å². The summed E-state index contributed by atoms with van der Waals surface area (Å²) >= 11 is 0. The Morgan fingerprint density at radius 1 is 1.16 bits per heavy atom. The Kier molecular flexibility index (Phi) is 5.21. The first-order chi connectivity index (χ1) is 14.9. The van der Waals surface area contributed by atoms with Gasteiger partial charge < -0.3 is 9.64 Å². The maximum atomic E-state index is 12.9. The lowest BCUT2D eigenvalue weighted by molar-refractivity contribution is 0.0768. The number of likely N-dealkylation sites (tertiary alicyclic amines) is 1. The molecule has 1 aromatic carbocycles. The number of piperidine rings is 1. The lowest BCUT2D eigenvalue weighted by atomic mass is 9.86. The summed E-state index contributed by atoms with van der Waals surface area (Å²) < 4.78 is 5.41. The van der Waals surface area contributed by atoms with Crippen LogP contribution in [0.4, 0.5) is 0 Å². The zero-order valence-electron chi connectivity index (χ0n) is 18.7. The zero-order chi connectivity index (χ0) is 21.6. The predicted molar refractivity (Wildman–Crippen MR) is 122 cm³/mol. The van der Waals surface area contributed by atoms with Crippen LogP contribution in [0.1, 0.15) is 54.5 Å². The summed E-state index contributed by atoms with van der Waals surface area (Å²) in [4.78, 5) is 19.9. The molecule has 1 saturated heterocycles. The van der Waals surface area contributed by atoms with E-state index >= 15 is 0 Å². The number of fused-ring (bicyclic) bond motifs is 1. The second kappa shape index (κ2) is 7.90. The molecule has 1 aliphatic carbocycles. The molecule has 0 spiro atoms. The largest absolute Gasteiger partial charge is 0.377 e. The van der Waals surface area contributed by atoms with Crippen LogP contribution < -0.4 is 0 Å². The fourth-order valence-corrected chi connectivity index (χ4v) is 5.11. The fraction of sp³-hybridized carbons (Fsp3) is 0.481. The van der Waals surface area contributed by atoms with Gasteiger partial charge in [0.2, 0.25) is 0 Å². The maximum Gasteiger partial charge on any atom is 0.253 e. The van der Waals surface area contributed by atoms with Crippen molar-refractivity contribution in [3.8, 4) is 0 Å². The van der Waals surface area contributed by atoms with Gasteiger partial charge in [0.1, 0.15) is 0 Å². The van der Waals surface area contributed by atoms with Crippen LogP contribution in [0.5, 0.6) is 0 Å². The van der Waals surface area contributed by atoms with Crippen molar-refractivity contribution in [3.63, 3.8) is 0 Å². The van der Waals surface area contributed by atoms with Gasteiger partial charge in [0, 0.05) is 30.4 Å². The van der Waals surface area contributed by atoms with Gasteiger partial charge in [-0.15, -0.1) is 0 Å². The minimum Gasteiger partial charge on any atom is -0.377 e. The third-order valence-corrected chi connectivity index (χ3v) is 7.12. The Labute approximate surface area is 185 Å². The second-order valence-corrected chi connectivity index (χ2v) is 10.2. The molecule has 4 nitrogen and oxygen atoms in total. The average Bonchev–Trinajstić information content (AvgIpc) is 3.20. The smallest absolute Gasteiger partial charge is 0.253 e. The van der Waals surface area contributed by atoms with E-state index in [1.54, 1.807) is 0 Å². The molecular formula is C27H31N2O2. The van der Waals surface area contributed by atoms with E-state index in [4.69, 9.17) is 9.72 Å². The molecule has 2 unspecified atom stereocenters. The van der Waals surface area contributed by atoms with E-state index in [0.29, 0.717) is 24.4 Å². The zero-order valence-corrected chi connectivity index (χ0v) is 18.7. The summed E-state index contributed by atoms with van der Waals surface area (Å²) in [5.74, 6) is 2.03. The summed E-state index contributed by atoms with van der Waals surface area (Å²) in [6.45, 7) is 9.79. The molecule has 4 heteroatoms. The first kappa shape index (κ1) is 20.4. The number of carbonyl (C=O) groups is 1. The quantitative estimate of drug-likeness (QED) is 0.736. The van der Waals surface area contributed by atoms with Crippen molar-refractivity contribution in [3.05, 3.63) is 71.1 Å². The van der Waals surface area contributed by atoms with Gasteiger partial charge in [0.05, 0.1) is 18.9 Å². The molecule has 0 bridgehead atoms. The van der Waals surface area contributed by atoms with Gasteiger partial charge in [-0.05, 0) is 65.3 Å². The summed E-state index contributed by atoms with van der Waals surface area (Å²) in [6.07, 6.45) is 4.03. The highest BCUT2D eigenvalue weighted by molar-refractivity contribution is 5.94. The van der Waals surface area contributed by atoms with Gasteiger partial charge in [-0.1, -0.05) is 45.0 Å². The third kappa shape index (κ3) is 4.18. The molecule has 1 saturated carbocycles. The molecule has 5 rings (SSSR count). The minimum absolute atomic E-state index is 0.105. The molecule has 31 heavy (non-hydrogen) atoms. The number of nitrogens with zero attached hydrogens (tertiary/aromatic N) is 2. The summed E-state index contributed by atoms with van der Waals surface area (Å²) in [6, 6.07) is 15.6. The first-order valence-electron chi connectivity index (χ1n) is 11.4. The van der Waals surface area contributed by atoms with Crippen LogP contribution in [-0.2, 0) is 16.6 Å². The number of hydrogen-bond acceptors (Lipinski definition) is 3. The van der Waals surface area contributed by atoms with Gasteiger partial charge in [-0.25, -0.2) is 0 Å². The SMILES string of the molecule is CC(C)(C)c1ccc(C(=O)N2CC3C(Cc4[c]ccc(C5=CCOCC5)n4)C3C2)cc1. The molecule has 2 atom stereocenters. The molecule has 3 heterocycles. The molecule has 161 valence electrons. The molecule has 2 fully saturated rings. The van der Waals surface area contributed by atoms with Crippen LogP contribution in [0.2, 0.25) is 0 Å². The number of aromatic nitrogens is 1. The first-order valence-corrected chi connectivity index (χ1v) is 11.4. The Bertz CT molecular complexity index is 991. The number of amides is 1. The maximum absolute atomic E-state index is 12.9. The molecule has 1 radical (unpaired) electrons. The van der Waals surface area contributed by atoms with E-state index < -0.39 is 0 Å². The number of carbonyl (C=O) groups excluding carboxylic acids is 1. The highest BCUT2D eigenvalue weighted by atomic mass is 16.5. The minimum atomic E-state index is 0.105. The van der Waals surface area contributed by atoms with Crippen molar-refractivity contribution in [1.82, 2.24) is 9.88 Å². The van der Waals surface area contributed by atoms with Crippen LogP contribution in [-0.4, -0.2) is 42.1 Å². The van der Waals surface area contributed by atoms with Crippen molar-refractivity contribution in [1.29, 1.82) is 0 Å². The number of pyridine rings is 1. The lowest BCUT2D eigenvalue weighted by Gasteiger charge is -2.22. The molecule has 1 amide bonds. The summed E-state index contributed by atoms with van der Waals surface area (Å²) in [5, 5.41) is 0. The Morgan fingerprint density at radius 2 is 1.90 bits per heavy atom. The predicted octanol–water partition coefficient (Wildman–Crippen LogP) is 4.54. The normalized spacial score (nSPS) is 25.2. The van der Waals surface area contributed by atoms with Crippen molar-refractivity contribution in [2.45, 2.75) is 39.0 Å². The van der Waals surface area contributed by atoms with Gasteiger partial charge in [-0.2, -0.15) is 0 Å². The lowest BCUT2D eigenvalue weighted by Crippen LogP contribution is -2.31. The fourth-order valence-electron chi connectivity index (χ4n) is 5.11. The molecule has 2 aliphatic heterocycles. The second-order valence-electron chi connectivity index (χ2n) is 10.2. The van der Waals surface area contributed by atoms with Crippen LogP contribution in [0, 0.1) is 23.8 Å². The molecule has 2 aromatic rings. The molecular weight excluding hydrogens is 384 g/mol. The number of rotatable bonds is 4. The highest BCUT2D eigenvalue weighted by Gasteiger charge is 2.56. The Hall–Kier alpha value is -2.46. The average molecular weight is 416 g/mol. The number of hydrogen-bond donors (Lipinski definition) is 0. The molecule has 0 N–H and O–H groups in total. The van der Waals surface area contributed by atoms with E-state index in [-0.39, 0.29) is 11.3 Å². The van der Waals surface area contributed by atoms with Crippen LogP contribution in [0.25, 0.3) is 5.57 Å². The van der Waals surface area contributed by atoms with Gasteiger partial charge >= 0.3 is 0 Å². The summed E-state index contributed by atoms with van der Waals surface area (Å²) in [5.41, 5.74) is 5.58. The van der Waals surface area contributed by atoms with Gasteiger partial charge in [0.25, 0.3) is 5.91 Å². The highest BCUT2D eigenvalue weighted by Crippen LogP contribution is 2.53. The van der Waals surface area contributed by atoms with Crippen LogP contribution in [0.15, 0.2) is 42.5 Å². The van der Waals surface area contributed by atoms with Crippen LogP contribution in [0.3, 0.4) is 0 Å². The topological polar surface area (TPSA) is 42.4 Å². The third-order valence-electron chi connectivity index (χ3n) is 7.12. The van der Waals surface area contributed by atoms with E-state index in [1.165, 1.54) is 11.1 Å². The van der Waals surface area contributed by atoms with Gasteiger partial charge in [-0.3, -0.25) is 9.78 Å². The number of benzene rings is 1. The van der Waals surface area contributed by atoms with E-state index in [2.05, 4.69) is 51.1 Å². The number of ether oxygens (including phenoxy) is 1. The Morgan fingerprint density at radius 3 is 2.55 bits per heavy atom. The van der Waals surface area contributed by atoms with Crippen molar-refractivity contribution < 1.29 is 9.53 Å². The molecule has 3 aliphatic rings. The summed E-state index contributed by atoms with van der Waals surface area (Å²) in [7, 11) is 0. The van der Waals surface area contributed by atoms with Crippen molar-refractivity contribution in [2.24, 2.45) is 17.8 Å². The van der Waals surface area contributed by atoms with E-state index in [1.807, 2.05) is 23.1 Å².